The third-order valence-corrected chi connectivity index (χ3v) is 5.31. The number of amides is 1. The Labute approximate surface area is 157 Å². The molecule has 0 aliphatic rings. The summed E-state index contributed by atoms with van der Waals surface area (Å²) in [6.07, 6.45) is 1.09. The molecule has 0 saturated carbocycles. The van der Waals surface area contributed by atoms with Gasteiger partial charge in [-0.3, -0.25) is 4.79 Å². The molecule has 0 aromatic heterocycles. The lowest BCUT2D eigenvalue weighted by atomic mass is 10.0. The Morgan fingerprint density at radius 2 is 1.58 bits per heavy atom. The number of carbonyl (C=O) groups is 1. The molecule has 6 heteroatoms. The molecule has 132 valence electrons. The maximum Gasteiger partial charge on any atom is 0.257 e. The minimum absolute atomic E-state index is 0.0448. The molecule has 3 aromatic rings. The third-order valence-electron chi connectivity index (χ3n) is 3.87. The van der Waals surface area contributed by atoms with Crippen molar-refractivity contribution in [1.29, 1.82) is 0 Å². The van der Waals surface area contributed by atoms with Gasteiger partial charge < -0.3 is 5.32 Å². The lowest BCUT2D eigenvalue weighted by Gasteiger charge is -2.12. The van der Waals surface area contributed by atoms with Gasteiger partial charge in [-0.1, -0.05) is 60.1 Å². The summed E-state index contributed by atoms with van der Waals surface area (Å²) in [4.78, 5) is 12.8. The van der Waals surface area contributed by atoms with Crippen molar-refractivity contribution < 1.29 is 13.2 Å². The average Bonchev–Trinajstić information content (AvgIpc) is 2.62. The Kier molecular flexibility index (Phi) is 5.11. The van der Waals surface area contributed by atoms with E-state index in [1.54, 1.807) is 6.07 Å². The highest BCUT2D eigenvalue weighted by Crippen LogP contribution is 2.29. The Balaban J connectivity index is 1.98. The largest absolute Gasteiger partial charge is 0.321 e. The Hall–Kier alpha value is -2.63. The second-order valence-electron chi connectivity index (χ2n) is 5.78. The zero-order chi connectivity index (χ0) is 18.7. The first-order valence-electron chi connectivity index (χ1n) is 7.81. The van der Waals surface area contributed by atoms with Crippen LogP contribution in [0.4, 0.5) is 5.69 Å². The first-order valence-corrected chi connectivity index (χ1v) is 10.1. The summed E-state index contributed by atoms with van der Waals surface area (Å²) in [6, 6.07) is 21.1. The van der Waals surface area contributed by atoms with Crippen molar-refractivity contribution in [2.45, 2.75) is 4.90 Å². The van der Waals surface area contributed by atoms with E-state index in [4.69, 9.17) is 11.6 Å². The SMILES string of the molecule is CS(=O)(=O)c1ccc(Cl)c(C(=O)Nc2ccccc2-c2ccccc2)c1. The fraction of sp³-hybridized carbons (Fsp3) is 0.0500. The topological polar surface area (TPSA) is 63.2 Å². The van der Waals surface area contributed by atoms with E-state index in [1.165, 1.54) is 18.2 Å². The van der Waals surface area contributed by atoms with Crippen molar-refractivity contribution >= 4 is 33.0 Å². The molecule has 3 rings (SSSR count). The highest BCUT2D eigenvalue weighted by atomic mass is 35.5. The zero-order valence-electron chi connectivity index (χ0n) is 13.9. The third kappa shape index (κ3) is 3.95. The van der Waals surface area contributed by atoms with Crippen LogP contribution in [0.3, 0.4) is 0 Å². The molecule has 0 atom stereocenters. The number of hydrogen-bond donors (Lipinski definition) is 1. The number of carbonyl (C=O) groups excluding carboxylic acids is 1. The lowest BCUT2D eigenvalue weighted by Crippen LogP contribution is -2.14. The molecule has 0 unspecified atom stereocenters. The first kappa shape index (κ1) is 18.2. The van der Waals surface area contributed by atoms with E-state index in [1.807, 2.05) is 48.5 Å². The molecule has 1 amide bonds. The van der Waals surface area contributed by atoms with E-state index in [0.29, 0.717) is 5.69 Å². The normalized spacial score (nSPS) is 11.2. The highest BCUT2D eigenvalue weighted by molar-refractivity contribution is 7.90. The van der Waals surface area contributed by atoms with Crippen molar-refractivity contribution in [3.63, 3.8) is 0 Å². The predicted octanol–water partition coefficient (Wildman–Crippen LogP) is 4.66. The fourth-order valence-corrected chi connectivity index (χ4v) is 3.41. The number of para-hydroxylation sites is 1. The molecule has 26 heavy (non-hydrogen) atoms. The maximum absolute atomic E-state index is 12.7. The summed E-state index contributed by atoms with van der Waals surface area (Å²) < 4.78 is 23.5. The van der Waals surface area contributed by atoms with Gasteiger partial charge in [0.2, 0.25) is 0 Å². The molecule has 0 bridgehead atoms. The Morgan fingerprint density at radius 3 is 2.27 bits per heavy atom. The van der Waals surface area contributed by atoms with E-state index >= 15 is 0 Å². The van der Waals surface area contributed by atoms with E-state index in [0.717, 1.165) is 17.4 Å². The van der Waals surface area contributed by atoms with E-state index < -0.39 is 15.7 Å². The van der Waals surface area contributed by atoms with Crippen LogP contribution >= 0.6 is 11.6 Å². The maximum atomic E-state index is 12.7. The van der Waals surface area contributed by atoms with Gasteiger partial charge in [0.05, 0.1) is 15.5 Å². The summed E-state index contributed by atoms with van der Waals surface area (Å²) >= 11 is 6.11. The van der Waals surface area contributed by atoms with Gasteiger partial charge in [-0.25, -0.2) is 8.42 Å². The summed E-state index contributed by atoms with van der Waals surface area (Å²) in [6.45, 7) is 0. The number of benzene rings is 3. The van der Waals surface area contributed by atoms with Crippen LogP contribution in [0.2, 0.25) is 5.02 Å². The van der Waals surface area contributed by atoms with Gasteiger partial charge in [0.15, 0.2) is 9.84 Å². The van der Waals surface area contributed by atoms with Gasteiger partial charge in [-0.15, -0.1) is 0 Å². The molecule has 0 spiro atoms. The van der Waals surface area contributed by atoms with Crippen molar-refractivity contribution in [2.75, 3.05) is 11.6 Å². The molecule has 0 radical (unpaired) electrons. The van der Waals surface area contributed by atoms with Crippen LogP contribution in [-0.4, -0.2) is 20.6 Å². The smallest absolute Gasteiger partial charge is 0.257 e. The van der Waals surface area contributed by atoms with Crippen molar-refractivity contribution in [3.8, 4) is 11.1 Å². The quantitative estimate of drug-likeness (QED) is 0.710. The Bertz CT molecular complexity index is 1060. The van der Waals surface area contributed by atoms with E-state index in [2.05, 4.69) is 5.32 Å². The molecule has 3 aromatic carbocycles. The Morgan fingerprint density at radius 1 is 0.923 bits per heavy atom. The van der Waals surface area contributed by atoms with Crippen LogP contribution in [-0.2, 0) is 9.84 Å². The molecule has 1 N–H and O–H groups in total. The summed E-state index contributed by atoms with van der Waals surface area (Å²) in [5.41, 5.74) is 2.54. The van der Waals surface area contributed by atoms with Gasteiger partial charge in [0.1, 0.15) is 0 Å². The fourth-order valence-electron chi connectivity index (χ4n) is 2.56. The van der Waals surface area contributed by atoms with Crippen molar-refractivity contribution in [2.24, 2.45) is 0 Å². The van der Waals surface area contributed by atoms with Crippen LogP contribution in [0.5, 0.6) is 0 Å². The number of anilines is 1. The van der Waals surface area contributed by atoms with Crippen LogP contribution in [0.1, 0.15) is 10.4 Å². The molecule has 0 fully saturated rings. The van der Waals surface area contributed by atoms with E-state index in [9.17, 15) is 13.2 Å². The highest BCUT2D eigenvalue weighted by Gasteiger charge is 2.17. The molecular formula is C20H16ClNO3S. The first-order chi connectivity index (χ1) is 12.4. The van der Waals surface area contributed by atoms with Gasteiger partial charge in [-0.2, -0.15) is 0 Å². The number of hydrogen-bond acceptors (Lipinski definition) is 3. The molecule has 0 heterocycles. The van der Waals surface area contributed by atoms with Crippen LogP contribution in [0, 0.1) is 0 Å². The minimum Gasteiger partial charge on any atom is -0.321 e. The van der Waals surface area contributed by atoms with Crippen molar-refractivity contribution in [1.82, 2.24) is 0 Å². The molecule has 0 saturated heterocycles. The van der Waals surface area contributed by atoms with Crippen molar-refractivity contribution in [3.05, 3.63) is 83.4 Å². The second kappa shape index (κ2) is 7.32. The number of rotatable bonds is 4. The number of nitrogens with one attached hydrogen (secondary N) is 1. The second-order valence-corrected chi connectivity index (χ2v) is 8.20. The summed E-state index contributed by atoms with van der Waals surface area (Å²) in [7, 11) is -3.44. The van der Waals surface area contributed by atoms with E-state index in [-0.39, 0.29) is 15.5 Å². The van der Waals surface area contributed by atoms with Crippen LogP contribution in [0.25, 0.3) is 11.1 Å². The summed E-state index contributed by atoms with van der Waals surface area (Å²) in [5.74, 6) is -0.469. The molecule has 0 aliphatic carbocycles. The summed E-state index contributed by atoms with van der Waals surface area (Å²) in [5, 5.41) is 3.01. The molecule has 0 aliphatic heterocycles. The van der Waals surface area contributed by atoms with Gasteiger partial charge >= 0.3 is 0 Å². The lowest BCUT2D eigenvalue weighted by molar-refractivity contribution is 0.102. The molecule has 4 nitrogen and oxygen atoms in total. The standard InChI is InChI=1S/C20H16ClNO3S/c1-26(24,25)15-11-12-18(21)17(13-15)20(23)22-19-10-6-5-9-16(19)14-7-3-2-4-8-14/h2-13H,1H3,(H,22,23). The number of halogens is 1. The van der Waals surface area contributed by atoms with Gasteiger partial charge in [0, 0.05) is 17.5 Å². The zero-order valence-corrected chi connectivity index (χ0v) is 15.5. The monoisotopic (exact) mass is 385 g/mol. The van der Waals surface area contributed by atoms with Crippen LogP contribution < -0.4 is 5.32 Å². The average molecular weight is 386 g/mol. The number of sulfone groups is 1. The minimum atomic E-state index is -3.44. The predicted molar refractivity (Wildman–Crippen MR) is 104 cm³/mol. The van der Waals surface area contributed by atoms with Gasteiger partial charge in [-0.05, 0) is 29.8 Å². The van der Waals surface area contributed by atoms with Crippen LogP contribution in [0.15, 0.2) is 77.7 Å². The van der Waals surface area contributed by atoms with Gasteiger partial charge in [0.25, 0.3) is 5.91 Å². The molecular weight excluding hydrogens is 370 g/mol.